The van der Waals surface area contributed by atoms with Crippen LogP contribution < -0.4 is 0 Å². The summed E-state index contributed by atoms with van der Waals surface area (Å²) in [5.74, 6) is -0.988. The number of carbonyl (C=O) groups excluding carboxylic acids is 1. The molecule has 17 heavy (non-hydrogen) atoms. The maximum absolute atomic E-state index is 12.1. The molecule has 0 unspecified atom stereocenters. The van der Waals surface area contributed by atoms with Crippen LogP contribution in [0, 0.1) is 0 Å². The smallest absolute Gasteiger partial charge is 0.305 e. The Morgan fingerprint density at radius 1 is 1.47 bits per heavy atom. The summed E-state index contributed by atoms with van der Waals surface area (Å²) in [7, 11) is 0. The lowest BCUT2D eigenvalue weighted by Crippen LogP contribution is -2.34. The maximum Gasteiger partial charge on any atom is 0.305 e. The number of carbonyl (C=O) groups is 2. The highest BCUT2D eigenvalue weighted by Crippen LogP contribution is 2.30. The van der Waals surface area contributed by atoms with E-state index < -0.39 is 5.97 Å². The molecular formula is C11H12ClNO3S. The Bertz CT molecular complexity index is 442. The van der Waals surface area contributed by atoms with Gasteiger partial charge in [0.1, 0.15) is 0 Å². The molecule has 4 nitrogen and oxygen atoms in total. The van der Waals surface area contributed by atoms with E-state index in [0.717, 1.165) is 12.8 Å². The molecule has 1 heterocycles. The molecule has 1 amide bonds. The molecule has 6 heteroatoms. The van der Waals surface area contributed by atoms with Gasteiger partial charge in [-0.3, -0.25) is 9.59 Å². The number of aliphatic carboxylic acids is 1. The number of thiophene rings is 1. The summed E-state index contributed by atoms with van der Waals surface area (Å²) in [6, 6.07) is 3.58. The molecule has 1 saturated carbocycles. The highest BCUT2D eigenvalue weighted by atomic mass is 35.5. The summed E-state index contributed by atoms with van der Waals surface area (Å²) < 4.78 is 0.572. The van der Waals surface area contributed by atoms with Gasteiger partial charge in [0.25, 0.3) is 5.91 Å². The SMILES string of the molecule is O=C(O)CCN(C(=O)c1ccc(Cl)s1)C1CC1. The molecule has 1 N–H and O–H groups in total. The van der Waals surface area contributed by atoms with E-state index in [4.69, 9.17) is 16.7 Å². The van der Waals surface area contributed by atoms with Crippen molar-refractivity contribution in [3.05, 3.63) is 21.3 Å². The van der Waals surface area contributed by atoms with Gasteiger partial charge in [0.2, 0.25) is 0 Å². The van der Waals surface area contributed by atoms with Crippen LogP contribution >= 0.6 is 22.9 Å². The number of amides is 1. The first-order chi connectivity index (χ1) is 8.08. The van der Waals surface area contributed by atoms with Gasteiger partial charge in [0.15, 0.2) is 0 Å². The number of carboxylic acids is 1. The van der Waals surface area contributed by atoms with Crippen LogP contribution in [0.1, 0.15) is 28.9 Å². The van der Waals surface area contributed by atoms with E-state index in [2.05, 4.69) is 0 Å². The molecule has 0 atom stereocenters. The van der Waals surface area contributed by atoms with Gasteiger partial charge in [0, 0.05) is 12.6 Å². The Labute approximate surface area is 108 Å². The van der Waals surface area contributed by atoms with E-state index in [-0.39, 0.29) is 24.9 Å². The predicted octanol–water partition coefficient (Wildman–Crippen LogP) is 2.48. The van der Waals surface area contributed by atoms with Crippen molar-refractivity contribution in [2.24, 2.45) is 0 Å². The number of nitrogens with zero attached hydrogens (tertiary/aromatic N) is 1. The molecule has 0 bridgehead atoms. The molecule has 92 valence electrons. The van der Waals surface area contributed by atoms with Gasteiger partial charge in [-0.1, -0.05) is 11.6 Å². The predicted molar refractivity (Wildman–Crippen MR) is 65.6 cm³/mol. The van der Waals surface area contributed by atoms with Crippen molar-refractivity contribution in [1.29, 1.82) is 0 Å². The second-order valence-corrected chi connectivity index (χ2v) is 5.69. The lowest BCUT2D eigenvalue weighted by molar-refractivity contribution is -0.137. The molecule has 1 aromatic rings. The maximum atomic E-state index is 12.1. The monoisotopic (exact) mass is 273 g/mol. The molecule has 0 saturated heterocycles. The fraction of sp³-hybridized carbons (Fsp3) is 0.455. The van der Waals surface area contributed by atoms with Gasteiger partial charge >= 0.3 is 5.97 Å². The average Bonchev–Trinajstić information content (AvgIpc) is 3.00. The Morgan fingerprint density at radius 2 is 2.18 bits per heavy atom. The van der Waals surface area contributed by atoms with Crippen LogP contribution in [0.3, 0.4) is 0 Å². The van der Waals surface area contributed by atoms with Crippen molar-refractivity contribution in [1.82, 2.24) is 4.90 Å². The molecule has 1 aliphatic carbocycles. The molecule has 1 aliphatic rings. The first-order valence-electron chi connectivity index (χ1n) is 5.36. The van der Waals surface area contributed by atoms with Gasteiger partial charge in [-0.25, -0.2) is 0 Å². The van der Waals surface area contributed by atoms with Gasteiger partial charge in [-0.05, 0) is 25.0 Å². The lowest BCUT2D eigenvalue weighted by atomic mass is 10.3. The molecule has 0 radical (unpaired) electrons. The van der Waals surface area contributed by atoms with Gasteiger partial charge in [0.05, 0.1) is 15.6 Å². The van der Waals surface area contributed by atoms with E-state index in [1.165, 1.54) is 11.3 Å². The fourth-order valence-corrected chi connectivity index (χ4v) is 2.62. The zero-order valence-electron chi connectivity index (χ0n) is 9.06. The highest BCUT2D eigenvalue weighted by Gasteiger charge is 2.33. The summed E-state index contributed by atoms with van der Waals surface area (Å²) in [4.78, 5) is 24.9. The van der Waals surface area contributed by atoms with Crippen LogP contribution in [0.15, 0.2) is 12.1 Å². The van der Waals surface area contributed by atoms with E-state index in [0.29, 0.717) is 9.21 Å². The van der Waals surface area contributed by atoms with Gasteiger partial charge in [-0.15, -0.1) is 11.3 Å². The molecule has 2 rings (SSSR count). The quantitative estimate of drug-likeness (QED) is 0.897. The van der Waals surface area contributed by atoms with Gasteiger partial charge in [-0.2, -0.15) is 0 Å². The number of hydrogen-bond donors (Lipinski definition) is 1. The van der Waals surface area contributed by atoms with E-state index in [1.54, 1.807) is 17.0 Å². The first kappa shape index (κ1) is 12.4. The van der Waals surface area contributed by atoms with Crippen molar-refractivity contribution in [3.8, 4) is 0 Å². The van der Waals surface area contributed by atoms with Crippen molar-refractivity contribution in [2.75, 3.05) is 6.54 Å². The molecule has 0 aliphatic heterocycles. The molecule has 0 aromatic carbocycles. The second-order valence-electron chi connectivity index (χ2n) is 3.98. The summed E-state index contributed by atoms with van der Waals surface area (Å²) in [5.41, 5.74) is 0. The fourth-order valence-electron chi connectivity index (χ4n) is 1.62. The Kier molecular flexibility index (Phi) is 3.69. The third-order valence-electron chi connectivity index (χ3n) is 2.60. The zero-order valence-corrected chi connectivity index (χ0v) is 10.6. The second kappa shape index (κ2) is 5.06. The molecule has 0 spiro atoms. The first-order valence-corrected chi connectivity index (χ1v) is 6.55. The highest BCUT2D eigenvalue weighted by molar-refractivity contribution is 7.17. The minimum absolute atomic E-state index is 0.0126. The van der Waals surface area contributed by atoms with Crippen molar-refractivity contribution in [2.45, 2.75) is 25.3 Å². The standard InChI is InChI=1S/C11H12ClNO3S/c12-9-4-3-8(17-9)11(16)13(7-1-2-7)6-5-10(14)15/h3-4,7H,1-2,5-6H2,(H,14,15). The Hall–Kier alpha value is -1.07. The topological polar surface area (TPSA) is 57.6 Å². The third kappa shape index (κ3) is 3.20. The van der Waals surface area contributed by atoms with Crippen molar-refractivity contribution >= 4 is 34.8 Å². The number of rotatable bonds is 5. The Morgan fingerprint density at radius 3 is 2.65 bits per heavy atom. The van der Waals surface area contributed by atoms with E-state index in [1.807, 2.05) is 0 Å². The number of hydrogen-bond acceptors (Lipinski definition) is 3. The molecule has 1 fully saturated rings. The van der Waals surface area contributed by atoms with Crippen LogP contribution in [-0.2, 0) is 4.79 Å². The molecular weight excluding hydrogens is 262 g/mol. The van der Waals surface area contributed by atoms with Gasteiger partial charge < -0.3 is 10.0 Å². The molecule has 1 aromatic heterocycles. The lowest BCUT2D eigenvalue weighted by Gasteiger charge is -2.20. The summed E-state index contributed by atoms with van der Waals surface area (Å²) in [6.07, 6.45) is 1.91. The normalized spacial score (nSPS) is 14.6. The van der Waals surface area contributed by atoms with Crippen LogP contribution in [0.2, 0.25) is 4.34 Å². The summed E-state index contributed by atoms with van der Waals surface area (Å²) in [5, 5.41) is 8.66. The summed E-state index contributed by atoms with van der Waals surface area (Å²) in [6.45, 7) is 0.272. The number of halogens is 1. The van der Waals surface area contributed by atoms with Crippen LogP contribution in [0.25, 0.3) is 0 Å². The minimum atomic E-state index is -0.882. The van der Waals surface area contributed by atoms with E-state index >= 15 is 0 Å². The summed E-state index contributed by atoms with van der Waals surface area (Å²) >= 11 is 7.02. The number of carboxylic acid groups (broad SMARTS) is 1. The van der Waals surface area contributed by atoms with Crippen molar-refractivity contribution < 1.29 is 14.7 Å². The average molecular weight is 274 g/mol. The van der Waals surface area contributed by atoms with E-state index in [9.17, 15) is 9.59 Å². The largest absolute Gasteiger partial charge is 0.481 e. The Balaban J connectivity index is 2.05. The minimum Gasteiger partial charge on any atom is -0.481 e. The van der Waals surface area contributed by atoms with Crippen LogP contribution in [-0.4, -0.2) is 34.5 Å². The van der Waals surface area contributed by atoms with Crippen LogP contribution in [0.5, 0.6) is 0 Å². The zero-order chi connectivity index (χ0) is 12.4. The third-order valence-corrected chi connectivity index (χ3v) is 3.82. The van der Waals surface area contributed by atoms with Crippen molar-refractivity contribution in [3.63, 3.8) is 0 Å². The van der Waals surface area contributed by atoms with Crippen LogP contribution in [0.4, 0.5) is 0 Å².